The summed E-state index contributed by atoms with van der Waals surface area (Å²) in [6.07, 6.45) is 0. The zero-order valence-corrected chi connectivity index (χ0v) is 14.4. The van der Waals surface area contributed by atoms with Crippen molar-refractivity contribution in [1.82, 2.24) is 4.98 Å². The molecule has 0 spiro atoms. The lowest BCUT2D eigenvalue weighted by Crippen LogP contribution is -2.08. The topological polar surface area (TPSA) is 59.2 Å². The van der Waals surface area contributed by atoms with Gasteiger partial charge in [-0.3, -0.25) is 9.59 Å². The van der Waals surface area contributed by atoms with E-state index in [0.29, 0.717) is 27.8 Å². The van der Waals surface area contributed by atoms with Crippen LogP contribution in [0.1, 0.15) is 15.9 Å². The van der Waals surface area contributed by atoms with Crippen LogP contribution >= 0.6 is 15.9 Å². The fourth-order valence-corrected chi connectivity index (χ4v) is 2.82. The molecule has 1 heterocycles. The Bertz CT molecular complexity index is 997. The van der Waals surface area contributed by atoms with Gasteiger partial charge in [0.1, 0.15) is 24.0 Å². The zero-order chi connectivity index (χ0) is 18.0. The highest BCUT2D eigenvalue weighted by Gasteiger charge is 2.13. The molecule has 1 N–H and O–H groups in total. The van der Waals surface area contributed by atoms with Crippen LogP contribution in [0.5, 0.6) is 5.75 Å². The van der Waals surface area contributed by atoms with Crippen molar-refractivity contribution in [3.8, 4) is 5.75 Å². The summed E-state index contributed by atoms with van der Waals surface area (Å²) in [4.78, 5) is 26.3. The number of benzene rings is 2. The molecule has 3 aromatic rings. The van der Waals surface area contributed by atoms with Gasteiger partial charge in [-0.15, -0.1) is 0 Å². The zero-order valence-electron chi connectivity index (χ0n) is 12.8. The first-order chi connectivity index (χ1) is 12.0. The number of rotatable bonds is 5. The van der Waals surface area contributed by atoms with Gasteiger partial charge in [0, 0.05) is 23.1 Å². The monoisotopic (exact) mass is 407 g/mol. The van der Waals surface area contributed by atoms with Crippen molar-refractivity contribution in [2.45, 2.75) is 6.61 Å². The second kappa shape index (κ2) is 7.14. The molecule has 0 aliphatic rings. The van der Waals surface area contributed by atoms with Crippen molar-refractivity contribution >= 4 is 32.6 Å². The number of nitrogens with one attached hydrogen (secondary N) is 1. The third-order valence-corrected chi connectivity index (χ3v) is 4.10. The van der Waals surface area contributed by atoms with Crippen LogP contribution in [0.15, 0.2) is 47.3 Å². The minimum absolute atomic E-state index is 0.0908. The summed E-state index contributed by atoms with van der Waals surface area (Å²) in [5.41, 5.74) is 0.755. The summed E-state index contributed by atoms with van der Waals surface area (Å²) in [6.45, 7) is -0.0908. The van der Waals surface area contributed by atoms with E-state index in [1.807, 2.05) is 0 Å². The van der Waals surface area contributed by atoms with Crippen molar-refractivity contribution in [2.24, 2.45) is 0 Å². The van der Waals surface area contributed by atoms with Gasteiger partial charge < -0.3 is 9.72 Å². The van der Waals surface area contributed by atoms with Gasteiger partial charge in [-0.1, -0.05) is 15.9 Å². The molecule has 25 heavy (non-hydrogen) atoms. The quantitative estimate of drug-likeness (QED) is 0.514. The molecule has 0 saturated heterocycles. The number of halogens is 3. The third-order valence-electron chi connectivity index (χ3n) is 3.60. The van der Waals surface area contributed by atoms with Crippen LogP contribution < -0.4 is 10.3 Å². The van der Waals surface area contributed by atoms with Gasteiger partial charge in [0.2, 0.25) is 5.56 Å². The van der Waals surface area contributed by atoms with Gasteiger partial charge in [-0.2, -0.15) is 0 Å². The number of carbonyl (C=O) groups is 1. The number of carbonyl (C=O) groups excluding carboxylic acids is 1. The Hall–Kier alpha value is -2.54. The van der Waals surface area contributed by atoms with Gasteiger partial charge in [-0.25, -0.2) is 8.78 Å². The molecule has 128 valence electrons. The lowest BCUT2D eigenvalue weighted by Gasteiger charge is -2.11. The van der Waals surface area contributed by atoms with E-state index in [9.17, 15) is 18.4 Å². The van der Waals surface area contributed by atoms with Gasteiger partial charge >= 0.3 is 0 Å². The normalized spacial score (nSPS) is 10.8. The van der Waals surface area contributed by atoms with Gasteiger partial charge in [-0.05, 0) is 35.9 Å². The van der Waals surface area contributed by atoms with Crippen LogP contribution in [0.2, 0.25) is 0 Å². The van der Waals surface area contributed by atoms with E-state index < -0.39 is 11.6 Å². The molecule has 0 aliphatic heterocycles. The average Bonchev–Trinajstić information content (AvgIpc) is 2.58. The number of aromatic nitrogens is 1. The summed E-state index contributed by atoms with van der Waals surface area (Å²) in [7, 11) is 0. The molecule has 0 fully saturated rings. The largest absolute Gasteiger partial charge is 0.487 e. The summed E-state index contributed by atoms with van der Waals surface area (Å²) in [5.74, 6) is -1.23. The number of aromatic amines is 1. The van der Waals surface area contributed by atoms with E-state index in [1.54, 1.807) is 18.2 Å². The first kappa shape index (κ1) is 17.3. The highest BCUT2D eigenvalue weighted by atomic mass is 79.9. The second-order valence-corrected chi connectivity index (χ2v) is 5.91. The summed E-state index contributed by atoms with van der Waals surface area (Å²) in [6, 6.07) is 9.10. The number of hydrogen-bond acceptors (Lipinski definition) is 3. The number of pyridine rings is 1. The minimum Gasteiger partial charge on any atom is -0.487 e. The smallest absolute Gasteiger partial charge is 0.248 e. The molecule has 0 saturated carbocycles. The molecule has 2 aromatic carbocycles. The Morgan fingerprint density at radius 2 is 1.80 bits per heavy atom. The highest BCUT2D eigenvalue weighted by Crippen LogP contribution is 2.27. The standard InChI is InChI=1S/C18H12BrF2NO3/c19-8-15(23)13-1-3-16(18-14(13)2-4-17(24)22-18)25-9-10-5-11(20)7-12(21)6-10/h1-7H,8-9H2,(H,22,24). The van der Waals surface area contributed by atoms with Gasteiger partial charge in [0.25, 0.3) is 0 Å². The van der Waals surface area contributed by atoms with Crippen LogP contribution in [-0.4, -0.2) is 16.1 Å². The Morgan fingerprint density at radius 3 is 2.48 bits per heavy atom. The van der Waals surface area contributed by atoms with Crippen LogP contribution in [0, 0.1) is 11.6 Å². The van der Waals surface area contributed by atoms with E-state index in [0.717, 1.165) is 18.2 Å². The third kappa shape index (κ3) is 3.76. The molecular weight excluding hydrogens is 396 g/mol. The molecule has 0 aliphatic carbocycles. The fraction of sp³-hybridized carbons (Fsp3) is 0.111. The van der Waals surface area contributed by atoms with Crippen molar-refractivity contribution in [1.29, 1.82) is 0 Å². The van der Waals surface area contributed by atoms with E-state index >= 15 is 0 Å². The molecule has 0 unspecified atom stereocenters. The number of hydrogen-bond donors (Lipinski definition) is 1. The molecule has 7 heteroatoms. The molecule has 3 rings (SSSR count). The van der Waals surface area contributed by atoms with Gasteiger partial charge in [0.05, 0.1) is 10.8 Å². The lowest BCUT2D eigenvalue weighted by atomic mass is 10.0. The number of ketones is 1. The number of fused-ring (bicyclic) bond motifs is 1. The summed E-state index contributed by atoms with van der Waals surface area (Å²) in [5, 5.41) is 0.677. The highest BCUT2D eigenvalue weighted by molar-refractivity contribution is 9.09. The van der Waals surface area contributed by atoms with Crippen molar-refractivity contribution in [3.05, 3.63) is 75.6 Å². The number of Topliss-reactive ketones (excluding diaryl/α,β-unsaturated/α-hetero) is 1. The Balaban J connectivity index is 2.00. The minimum atomic E-state index is -0.699. The molecule has 0 amide bonds. The number of H-pyrrole nitrogens is 1. The molecular formula is C18H12BrF2NO3. The maximum atomic E-state index is 13.3. The predicted octanol–water partition coefficient (Wildman–Crippen LogP) is 3.96. The molecule has 0 bridgehead atoms. The average molecular weight is 408 g/mol. The maximum Gasteiger partial charge on any atom is 0.248 e. The first-order valence-electron chi connectivity index (χ1n) is 7.31. The predicted molar refractivity (Wildman–Crippen MR) is 93.4 cm³/mol. The van der Waals surface area contributed by atoms with Crippen LogP contribution in [0.25, 0.3) is 10.9 Å². The first-order valence-corrected chi connectivity index (χ1v) is 8.43. The van der Waals surface area contributed by atoms with Crippen molar-refractivity contribution < 1.29 is 18.3 Å². The fourth-order valence-electron chi connectivity index (χ4n) is 2.52. The van der Waals surface area contributed by atoms with E-state index in [2.05, 4.69) is 20.9 Å². The van der Waals surface area contributed by atoms with Crippen LogP contribution in [0.4, 0.5) is 8.78 Å². The molecule has 1 aromatic heterocycles. The summed E-state index contributed by atoms with van der Waals surface area (Å²) < 4.78 is 32.1. The van der Waals surface area contributed by atoms with E-state index in [1.165, 1.54) is 6.07 Å². The number of ether oxygens (including phenoxy) is 1. The van der Waals surface area contributed by atoms with E-state index in [-0.39, 0.29) is 23.3 Å². The molecule has 0 atom stereocenters. The molecule has 0 radical (unpaired) electrons. The lowest BCUT2D eigenvalue weighted by molar-refractivity contribution is 0.102. The maximum absolute atomic E-state index is 13.3. The Kier molecular flexibility index (Phi) is 4.94. The summed E-state index contributed by atoms with van der Waals surface area (Å²) >= 11 is 3.12. The Labute approximate surface area is 149 Å². The van der Waals surface area contributed by atoms with Crippen LogP contribution in [0.3, 0.4) is 0 Å². The van der Waals surface area contributed by atoms with E-state index in [4.69, 9.17) is 4.74 Å². The van der Waals surface area contributed by atoms with Crippen molar-refractivity contribution in [2.75, 3.05) is 5.33 Å². The molecule has 4 nitrogen and oxygen atoms in total. The van der Waals surface area contributed by atoms with Gasteiger partial charge in [0.15, 0.2) is 5.78 Å². The van der Waals surface area contributed by atoms with Crippen LogP contribution in [-0.2, 0) is 6.61 Å². The number of alkyl halides is 1. The second-order valence-electron chi connectivity index (χ2n) is 5.35. The Morgan fingerprint density at radius 1 is 1.08 bits per heavy atom. The van der Waals surface area contributed by atoms with Crippen molar-refractivity contribution in [3.63, 3.8) is 0 Å². The SMILES string of the molecule is O=C(CBr)c1ccc(OCc2cc(F)cc(F)c2)c2[nH]c(=O)ccc12.